The summed E-state index contributed by atoms with van der Waals surface area (Å²) in [4.78, 5) is 13.9. The Hall–Kier alpha value is -1.03. The first-order chi connectivity index (χ1) is 8.80. The number of nitrogens with one attached hydrogen (secondary N) is 1. The van der Waals surface area contributed by atoms with Crippen molar-refractivity contribution in [2.75, 3.05) is 11.4 Å². The van der Waals surface area contributed by atoms with E-state index < -0.39 is 0 Å². The zero-order chi connectivity index (χ0) is 13.8. The summed E-state index contributed by atoms with van der Waals surface area (Å²) in [6.07, 6.45) is 5.23. The van der Waals surface area contributed by atoms with Crippen LogP contribution in [0, 0.1) is 10.8 Å². The van der Waals surface area contributed by atoms with Crippen molar-refractivity contribution in [3.05, 3.63) is 21.6 Å². The second-order valence-corrected chi connectivity index (χ2v) is 7.62. The van der Waals surface area contributed by atoms with Crippen molar-refractivity contribution in [3.63, 3.8) is 0 Å². The number of fused-ring (bicyclic) bond motifs is 2. The van der Waals surface area contributed by atoms with E-state index in [4.69, 9.17) is 11.6 Å². The molecule has 0 spiro atoms. The molecule has 1 aromatic rings. The van der Waals surface area contributed by atoms with E-state index in [1.807, 2.05) is 0 Å². The molecule has 1 saturated heterocycles. The van der Waals surface area contributed by atoms with Gasteiger partial charge in [0.05, 0.1) is 11.9 Å². The first-order valence-corrected chi connectivity index (χ1v) is 7.17. The van der Waals surface area contributed by atoms with E-state index in [0.717, 1.165) is 18.7 Å². The molecule has 1 saturated carbocycles. The van der Waals surface area contributed by atoms with Gasteiger partial charge >= 0.3 is 0 Å². The van der Waals surface area contributed by atoms with Gasteiger partial charge in [-0.2, -0.15) is 5.10 Å². The van der Waals surface area contributed by atoms with Gasteiger partial charge in [0.2, 0.25) is 0 Å². The standard InChI is InChI=1S/C14H20ClN3O/c1-13(2)4-9-5-14(3,7-13)8-18(9)10-6-16-17-12(19)11(10)15/h6,9H,4-5,7-8H2,1-3H3,(H,17,19). The fraction of sp³-hybridized carbons (Fsp3) is 0.714. The quantitative estimate of drug-likeness (QED) is 0.861. The summed E-state index contributed by atoms with van der Waals surface area (Å²) in [6.45, 7) is 7.97. The lowest BCUT2D eigenvalue weighted by Gasteiger charge is -2.39. The van der Waals surface area contributed by atoms with Crippen molar-refractivity contribution >= 4 is 17.3 Å². The monoisotopic (exact) mass is 281 g/mol. The van der Waals surface area contributed by atoms with E-state index in [1.54, 1.807) is 6.20 Å². The number of anilines is 1. The van der Waals surface area contributed by atoms with E-state index in [0.29, 0.717) is 16.9 Å². The van der Waals surface area contributed by atoms with E-state index in [2.05, 4.69) is 35.9 Å². The molecule has 2 bridgehead atoms. The van der Waals surface area contributed by atoms with Crippen LogP contribution < -0.4 is 10.5 Å². The van der Waals surface area contributed by atoms with Gasteiger partial charge in [-0.1, -0.05) is 32.4 Å². The van der Waals surface area contributed by atoms with Crippen LogP contribution in [0.4, 0.5) is 5.69 Å². The number of rotatable bonds is 1. The molecular weight excluding hydrogens is 262 g/mol. The Morgan fingerprint density at radius 2 is 2.16 bits per heavy atom. The van der Waals surface area contributed by atoms with Crippen LogP contribution >= 0.6 is 11.6 Å². The van der Waals surface area contributed by atoms with Crippen LogP contribution in [0.3, 0.4) is 0 Å². The molecule has 1 aliphatic carbocycles. The van der Waals surface area contributed by atoms with Gasteiger partial charge in [0.25, 0.3) is 5.56 Å². The molecule has 0 radical (unpaired) electrons. The molecule has 104 valence electrons. The van der Waals surface area contributed by atoms with E-state index >= 15 is 0 Å². The molecule has 19 heavy (non-hydrogen) atoms. The molecule has 0 amide bonds. The molecule has 2 fully saturated rings. The van der Waals surface area contributed by atoms with Gasteiger partial charge in [-0.25, -0.2) is 5.10 Å². The van der Waals surface area contributed by atoms with Gasteiger partial charge in [-0.3, -0.25) is 4.79 Å². The number of halogens is 1. The predicted molar refractivity (Wildman–Crippen MR) is 76.7 cm³/mol. The second kappa shape index (κ2) is 3.98. The highest BCUT2D eigenvalue weighted by molar-refractivity contribution is 6.33. The fourth-order valence-electron chi connectivity index (χ4n) is 4.32. The Bertz CT molecular complexity index is 568. The molecule has 2 unspecified atom stereocenters. The normalized spacial score (nSPS) is 32.6. The summed E-state index contributed by atoms with van der Waals surface area (Å²) in [5.41, 5.74) is 1.16. The first kappa shape index (κ1) is 13.0. The molecule has 0 aromatic carbocycles. The van der Waals surface area contributed by atoms with Gasteiger partial charge in [-0.15, -0.1) is 0 Å². The van der Waals surface area contributed by atoms with Crippen molar-refractivity contribution < 1.29 is 0 Å². The number of nitrogens with zero attached hydrogens (tertiary/aromatic N) is 2. The first-order valence-electron chi connectivity index (χ1n) is 6.80. The van der Waals surface area contributed by atoms with Crippen molar-refractivity contribution in [1.82, 2.24) is 10.2 Å². The molecule has 2 heterocycles. The Morgan fingerprint density at radius 3 is 2.89 bits per heavy atom. The average Bonchev–Trinajstić information content (AvgIpc) is 2.52. The van der Waals surface area contributed by atoms with Crippen molar-refractivity contribution in [2.24, 2.45) is 10.8 Å². The van der Waals surface area contributed by atoms with Gasteiger partial charge in [0.15, 0.2) is 0 Å². The maximum absolute atomic E-state index is 11.6. The van der Waals surface area contributed by atoms with Crippen LogP contribution in [0.5, 0.6) is 0 Å². The smallest absolute Gasteiger partial charge is 0.285 e. The Labute approximate surface area is 118 Å². The van der Waals surface area contributed by atoms with Gasteiger partial charge in [0.1, 0.15) is 5.02 Å². The lowest BCUT2D eigenvalue weighted by molar-refractivity contribution is 0.136. The summed E-state index contributed by atoms with van der Waals surface area (Å²) >= 11 is 6.15. The molecule has 1 aliphatic heterocycles. The Morgan fingerprint density at radius 1 is 1.42 bits per heavy atom. The maximum Gasteiger partial charge on any atom is 0.285 e. The molecule has 3 rings (SSSR count). The van der Waals surface area contributed by atoms with Gasteiger partial charge < -0.3 is 4.90 Å². The molecule has 1 N–H and O–H groups in total. The molecule has 2 aliphatic rings. The number of hydrogen-bond donors (Lipinski definition) is 1. The molecule has 2 atom stereocenters. The summed E-state index contributed by atoms with van der Waals surface area (Å²) < 4.78 is 0. The van der Waals surface area contributed by atoms with Crippen LogP contribution in [-0.2, 0) is 0 Å². The maximum atomic E-state index is 11.6. The van der Waals surface area contributed by atoms with Crippen LogP contribution in [0.2, 0.25) is 5.02 Å². The summed E-state index contributed by atoms with van der Waals surface area (Å²) in [7, 11) is 0. The minimum Gasteiger partial charge on any atom is -0.365 e. The third-order valence-corrected chi connectivity index (χ3v) is 4.87. The lowest BCUT2D eigenvalue weighted by Crippen LogP contribution is -2.35. The largest absolute Gasteiger partial charge is 0.365 e. The highest BCUT2D eigenvalue weighted by Crippen LogP contribution is 2.53. The SMILES string of the molecule is CC1(C)CC2CC(C)(CN2c2cn[nH]c(=O)c2Cl)C1. The topological polar surface area (TPSA) is 49.0 Å². The number of aromatic amines is 1. The van der Waals surface area contributed by atoms with Crippen molar-refractivity contribution in [2.45, 2.75) is 46.1 Å². The van der Waals surface area contributed by atoms with Gasteiger partial charge in [-0.05, 0) is 30.1 Å². The molecule has 4 nitrogen and oxygen atoms in total. The molecule has 1 aromatic heterocycles. The lowest BCUT2D eigenvalue weighted by atomic mass is 9.65. The van der Waals surface area contributed by atoms with Crippen molar-refractivity contribution in [1.29, 1.82) is 0 Å². The van der Waals surface area contributed by atoms with Crippen LogP contribution in [-0.4, -0.2) is 22.8 Å². The third-order valence-electron chi connectivity index (χ3n) is 4.50. The minimum absolute atomic E-state index is 0.268. The zero-order valence-corrected chi connectivity index (χ0v) is 12.4. The van der Waals surface area contributed by atoms with Crippen molar-refractivity contribution in [3.8, 4) is 0 Å². The summed E-state index contributed by atoms with van der Waals surface area (Å²) in [5.74, 6) is 0. The molecule has 5 heteroatoms. The number of aromatic nitrogens is 2. The zero-order valence-electron chi connectivity index (χ0n) is 11.7. The van der Waals surface area contributed by atoms with E-state index in [-0.39, 0.29) is 10.6 Å². The Balaban J connectivity index is 2.00. The second-order valence-electron chi connectivity index (χ2n) is 7.24. The van der Waals surface area contributed by atoms with Crippen LogP contribution in [0.25, 0.3) is 0 Å². The average molecular weight is 282 g/mol. The van der Waals surface area contributed by atoms with E-state index in [9.17, 15) is 4.79 Å². The van der Waals surface area contributed by atoms with Crippen LogP contribution in [0.1, 0.15) is 40.0 Å². The summed E-state index contributed by atoms with van der Waals surface area (Å²) in [6, 6.07) is 0.467. The Kier molecular flexibility index (Phi) is 2.72. The third kappa shape index (κ3) is 2.16. The number of hydrogen-bond acceptors (Lipinski definition) is 3. The highest BCUT2D eigenvalue weighted by atomic mass is 35.5. The minimum atomic E-state index is -0.301. The van der Waals surface area contributed by atoms with Gasteiger partial charge in [0, 0.05) is 12.6 Å². The van der Waals surface area contributed by atoms with Crippen LogP contribution in [0.15, 0.2) is 11.0 Å². The van der Waals surface area contributed by atoms with E-state index in [1.165, 1.54) is 12.8 Å². The predicted octanol–water partition coefficient (Wildman–Crippen LogP) is 2.83. The highest BCUT2D eigenvalue weighted by Gasteiger charge is 2.50. The number of H-pyrrole nitrogens is 1. The summed E-state index contributed by atoms with van der Waals surface area (Å²) in [5, 5.41) is 6.55. The molecular formula is C14H20ClN3O. The fourth-order valence-corrected chi connectivity index (χ4v) is 4.52.